The number of nitrogens with zero attached hydrogens (tertiary/aromatic N) is 1. The van der Waals surface area contributed by atoms with Crippen molar-refractivity contribution in [2.24, 2.45) is 0 Å². The van der Waals surface area contributed by atoms with Crippen LogP contribution in [0.15, 0.2) is 0 Å². The predicted molar refractivity (Wildman–Crippen MR) is 41.2 cm³/mol. The summed E-state index contributed by atoms with van der Waals surface area (Å²) in [6.07, 6.45) is 0.0460. The Labute approximate surface area is 71.5 Å². The molecule has 2 heterocycles. The summed E-state index contributed by atoms with van der Waals surface area (Å²) in [7, 11) is 0. The predicted octanol–water partition coefficient (Wildman–Crippen LogP) is 0.00188. The van der Waals surface area contributed by atoms with Crippen LogP contribution in [0.4, 0.5) is 0 Å². The molecule has 0 saturated carbocycles. The van der Waals surface area contributed by atoms with Crippen molar-refractivity contribution in [3.8, 4) is 6.07 Å². The lowest BCUT2D eigenvalue weighted by molar-refractivity contribution is -0.138. The molecule has 0 aromatic carbocycles. The van der Waals surface area contributed by atoms with Gasteiger partial charge in [0.05, 0.1) is 18.7 Å². The van der Waals surface area contributed by atoms with Gasteiger partial charge in [-0.1, -0.05) is 0 Å². The fourth-order valence-corrected chi connectivity index (χ4v) is 1.48. The summed E-state index contributed by atoms with van der Waals surface area (Å²) in [6.45, 7) is 4.36. The molecule has 2 aliphatic rings. The summed E-state index contributed by atoms with van der Waals surface area (Å²) in [4.78, 5) is 0. The molecular formula is C8H12N2O2. The largest absolute Gasteiger partial charge is 0.348 e. The Kier molecular flexibility index (Phi) is 1.62. The van der Waals surface area contributed by atoms with E-state index in [-0.39, 0.29) is 18.2 Å². The summed E-state index contributed by atoms with van der Waals surface area (Å²) in [5.74, 6) is -0.477. The molecule has 2 rings (SSSR count). The van der Waals surface area contributed by atoms with Crippen LogP contribution in [-0.4, -0.2) is 30.6 Å². The van der Waals surface area contributed by atoms with Crippen molar-refractivity contribution in [1.29, 1.82) is 5.26 Å². The van der Waals surface area contributed by atoms with Gasteiger partial charge in [-0.25, -0.2) is 0 Å². The van der Waals surface area contributed by atoms with Gasteiger partial charge >= 0.3 is 0 Å². The van der Waals surface area contributed by atoms with Gasteiger partial charge in [0.1, 0.15) is 12.1 Å². The van der Waals surface area contributed by atoms with Gasteiger partial charge in [-0.15, -0.1) is 0 Å². The monoisotopic (exact) mass is 168 g/mol. The fraction of sp³-hybridized carbons (Fsp3) is 0.875. The number of nitriles is 1. The number of rotatable bonds is 1. The number of ether oxygens (including phenoxy) is 2. The fourth-order valence-electron chi connectivity index (χ4n) is 1.48. The molecule has 0 aromatic heterocycles. The van der Waals surface area contributed by atoms with E-state index in [1.165, 1.54) is 0 Å². The van der Waals surface area contributed by atoms with E-state index in [4.69, 9.17) is 14.7 Å². The Morgan fingerprint density at radius 2 is 2.33 bits per heavy atom. The van der Waals surface area contributed by atoms with Crippen LogP contribution in [0.3, 0.4) is 0 Å². The molecule has 12 heavy (non-hydrogen) atoms. The maximum absolute atomic E-state index is 8.56. The quantitative estimate of drug-likeness (QED) is 0.560. The first-order valence-electron chi connectivity index (χ1n) is 4.10. The highest BCUT2D eigenvalue weighted by molar-refractivity contribution is 5.15. The average molecular weight is 168 g/mol. The van der Waals surface area contributed by atoms with Crippen LogP contribution in [0.1, 0.15) is 13.8 Å². The lowest BCUT2D eigenvalue weighted by atomic mass is 10.2. The van der Waals surface area contributed by atoms with E-state index in [0.717, 1.165) is 0 Å². The van der Waals surface area contributed by atoms with E-state index in [9.17, 15) is 0 Å². The summed E-state index contributed by atoms with van der Waals surface area (Å²) in [5.41, 5.74) is 0. The van der Waals surface area contributed by atoms with E-state index in [1.807, 2.05) is 13.8 Å². The van der Waals surface area contributed by atoms with Crippen molar-refractivity contribution >= 4 is 0 Å². The summed E-state index contributed by atoms with van der Waals surface area (Å²) in [5, 5.41) is 11.6. The summed E-state index contributed by atoms with van der Waals surface area (Å²) in [6, 6.07) is 2.29. The minimum absolute atomic E-state index is 0.0347. The smallest absolute Gasteiger partial charge is 0.163 e. The first kappa shape index (κ1) is 7.99. The molecule has 66 valence electrons. The molecule has 0 radical (unpaired) electrons. The third-order valence-electron chi connectivity index (χ3n) is 2.19. The zero-order valence-electron chi connectivity index (χ0n) is 7.20. The zero-order valence-corrected chi connectivity index (χ0v) is 7.20. The van der Waals surface area contributed by atoms with Gasteiger partial charge in [0.15, 0.2) is 5.79 Å². The Morgan fingerprint density at radius 1 is 1.58 bits per heavy atom. The second-order valence-corrected chi connectivity index (χ2v) is 3.67. The van der Waals surface area contributed by atoms with Crippen molar-refractivity contribution in [2.45, 2.75) is 37.8 Å². The van der Waals surface area contributed by atoms with E-state index in [0.29, 0.717) is 6.61 Å². The molecule has 0 amide bonds. The molecule has 0 bridgehead atoms. The van der Waals surface area contributed by atoms with Gasteiger partial charge in [-0.3, -0.25) is 5.32 Å². The van der Waals surface area contributed by atoms with Crippen molar-refractivity contribution in [2.75, 3.05) is 6.61 Å². The van der Waals surface area contributed by atoms with Gasteiger partial charge in [-0.05, 0) is 13.8 Å². The summed E-state index contributed by atoms with van der Waals surface area (Å²) < 4.78 is 10.9. The van der Waals surface area contributed by atoms with Gasteiger partial charge < -0.3 is 9.47 Å². The van der Waals surface area contributed by atoms with Gasteiger partial charge in [0.25, 0.3) is 0 Å². The zero-order chi connectivity index (χ0) is 8.77. The lowest BCUT2D eigenvalue weighted by Crippen LogP contribution is -2.25. The van der Waals surface area contributed by atoms with Gasteiger partial charge in [-0.2, -0.15) is 5.26 Å². The van der Waals surface area contributed by atoms with Crippen LogP contribution < -0.4 is 5.32 Å². The minimum Gasteiger partial charge on any atom is -0.348 e. The number of nitrogens with one attached hydrogen (secondary N) is 1. The van der Waals surface area contributed by atoms with E-state index in [2.05, 4.69) is 11.4 Å². The molecule has 0 aliphatic carbocycles. The third-order valence-corrected chi connectivity index (χ3v) is 2.19. The maximum atomic E-state index is 8.56. The Balaban J connectivity index is 1.90. The third kappa shape index (κ3) is 1.31. The van der Waals surface area contributed by atoms with E-state index < -0.39 is 5.79 Å². The van der Waals surface area contributed by atoms with Gasteiger partial charge in [0, 0.05) is 0 Å². The van der Waals surface area contributed by atoms with Crippen LogP contribution in [-0.2, 0) is 9.47 Å². The molecule has 0 spiro atoms. The second kappa shape index (κ2) is 2.43. The first-order valence-corrected chi connectivity index (χ1v) is 4.10. The Hall–Kier alpha value is -0.630. The highest BCUT2D eigenvalue weighted by Crippen LogP contribution is 2.29. The Morgan fingerprint density at radius 3 is 2.75 bits per heavy atom. The average Bonchev–Trinajstić information content (AvgIpc) is 2.70. The standard InChI is InChI=1S/C8H12N2O2/c1-8(2)11-4-6(12-8)7-5(3-9)10-7/h5-7,10H,4H2,1-2H3/t5-,6-,7+/m1/s1. The summed E-state index contributed by atoms with van der Waals surface area (Å²) >= 11 is 0. The molecule has 2 fully saturated rings. The van der Waals surface area contributed by atoms with Crippen molar-refractivity contribution in [3.05, 3.63) is 0 Å². The SMILES string of the molecule is CC1(C)OC[C@H]([C@H]2N[C@@H]2C#N)O1. The van der Waals surface area contributed by atoms with Crippen LogP contribution in [0.5, 0.6) is 0 Å². The topological polar surface area (TPSA) is 64.2 Å². The lowest BCUT2D eigenvalue weighted by Gasteiger charge is -2.16. The van der Waals surface area contributed by atoms with Crippen LogP contribution in [0, 0.1) is 11.3 Å². The normalized spacial score (nSPS) is 43.9. The van der Waals surface area contributed by atoms with Crippen LogP contribution in [0.2, 0.25) is 0 Å². The molecule has 0 aromatic rings. The van der Waals surface area contributed by atoms with E-state index in [1.54, 1.807) is 0 Å². The number of hydrogen-bond donors (Lipinski definition) is 1. The van der Waals surface area contributed by atoms with Crippen molar-refractivity contribution in [1.82, 2.24) is 5.32 Å². The van der Waals surface area contributed by atoms with Crippen molar-refractivity contribution < 1.29 is 9.47 Å². The molecule has 2 aliphatic heterocycles. The molecule has 4 heteroatoms. The van der Waals surface area contributed by atoms with Gasteiger partial charge in [0.2, 0.25) is 0 Å². The Bertz CT molecular complexity index is 234. The van der Waals surface area contributed by atoms with Crippen molar-refractivity contribution in [3.63, 3.8) is 0 Å². The maximum Gasteiger partial charge on any atom is 0.163 e. The molecule has 1 N–H and O–H groups in total. The number of hydrogen-bond acceptors (Lipinski definition) is 4. The van der Waals surface area contributed by atoms with Crippen LogP contribution in [0.25, 0.3) is 0 Å². The van der Waals surface area contributed by atoms with Crippen LogP contribution >= 0.6 is 0 Å². The highest BCUT2D eigenvalue weighted by Gasteiger charge is 2.48. The molecule has 2 saturated heterocycles. The first-order chi connectivity index (χ1) is 5.62. The highest BCUT2D eigenvalue weighted by atomic mass is 16.7. The molecule has 3 atom stereocenters. The second-order valence-electron chi connectivity index (χ2n) is 3.67. The molecule has 0 unspecified atom stereocenters. The molecular weight excluding hydrogens is 156 g/mol. The van der Waals surface area contributed by atoms with E-state index >= 15 is 0 Å². The molecule has 4 nitrogen and oxygen atoms in total. The minimum atomic E-state index is -0.477.